The second-order valence-corrected chi connectivity index (χ2v) is 6.79. The number of aromatic nitrogens is 2. The van der Waals surface area contributed by atoms with Crippen LogP contribution in [-0.4, -0.2) is 28.0 Å². The number of aromatic amines is 1. The minimum atomic E-state index is 0.685. The first-order valence-electron chi connectivity index (χ1n) is 8.66. The van der Waals surface area contributed by atoms with Crippen LogP contribution >= 0.6 is 0 Å². The fraction of sp³-hybridized carbons (Fsp3) is 0.286. The standard InChI is InChI=1S/C21H19N3/c1-4-16(7-6-15-3-2-10-22-13-15)20-18(5-1)19-14-24-11-8-17(9-12-24)21(19)23-20/h1-5,10,13,17,23H,8-9,11-12,14H2. The summed E-state index contributed by atoms with van der Waals surface area (Å²) in [5.74, 6) is 7.26. The highest BCUT2D eigenvalue weighted by atomic mass is 15.1. The molecule has 6 rings (SSSR count). The van der Waals surface area contributed by atoms with Crippen LogP contribution in [0.1, 0.15) is 41.1 Å². The largest absolute Gasteiger partial charge is 0.357 e. The molecule has 0 radical (unpaired) electrons. The van der Waals surface area contributed by atoms with Crippen molar-refractivity contribution in [1.29, 1.82) is 0 Å². The van der Waals surface area contributed by atoms with Crippen LogP contribution in [0, 0.1) is 11.8 Å². The maximum absolute atomic E-state index is 4.13. The van der Waals surface area contributed by atoms with Gasteiger partial charge < -0.3 is 4.98 Å². The van der Waals surface area contributed by atoms with Crippen molar-refractivity contribution in [3.05, 3.63) is 65.1 Å². The first-order chi connectivity index (χ1) is 11.9. The van der Waals surface area contributed by atoms with Gasteiger partial charge in [0, 0.05) is 47.1 Å². The number of benzene rings is 1. The minimum Gasteiger partial charge on any atom is -0.357 e. The first-order valence-corrected chi connectivity index (χ1v) is 8.66. The third-order valence-electron chi connectivity index (χ3n) is 5.35. The van der Waals surface area contributed by atoms with Gasteiger partial charge in [-0.3, -0.25) is 9.88 Å². The summed E-state index contributed by atoms with van der Waals surface area (Å²) in [6.07, 6.45) is 6.13. The Labute approximate surface area is 141 Å². The van der Waals surface area contributed by atoms with E-state index in [2.05, 4.69) is 44.9 Å². The SMILES string of the molecule is C(#Cc1cccc2c3c([nH]c12)C1CCN(CC1)C3)c1cccnc1. The quantitative estimate of drug-likeness (QED) is 0.642. The summed E-state index contributed by atoms with van der Waals surface area (Å²) >= 11 is 0. The summed E-state index contributed by atoms with van der Waals surface area (Å²) in [5.41, 5.74) is 6.19. The molecule has 1 fully saturated rings. The van der Waals surface area contributed by atoms with Gasteiger partial charge in [-0.25, -0.2) is 0 Å². The number of fused-ring (bicyclic) bond motifs is 3. The fourth-order valence-electron chi connectivity index (χ4n) is 4.10. The first kappa shape index (κ1) is 13.8. The van der Waals surface area contributed by atoms with Crippen LogP contribution in [0.25, 0.3) is 10.9 Å². The van der Waals surface area contributed by atoms with E-state index in [4.69, 9.17) is 0 Å². The van der Waals surface area contributed by atoms with E-state index in [1.807, 2.05) is 18.3 Å². The number of nitrogens with one attached hydrogen (secondary N) is 1. The lowest BCUT2D eigenvalue weighted by Crippen LogP contribution is -2.29. The number of hydrogen-bond donors (Lipinski definition) is 1. The zero-order chi connectivity index (χ0) is 15.9. The fourth-order valence-corrected chi connectivity index (χ4v) is 4.10. The summed E-state index contributed by atoms with van der Waals surface area (Å²) in [4.78, 5) is 10.5. The van der Waals surface area contributed by atoms with Crippen molar-refractivity contribution in [2.75, 3.05) is 13.1 Å². The van der Waals surface area contributed by atoms with Crippen molar-refractivity contribution >= 4 is 10.9 Å². The zero-order valence-corrected chi connectivity index (χ0v) is 13.5. The van der Waals surface area contributed by atoms with E-state index in [1.165, 1.54) is 48.1 Å². The normalized spacial score (nSPS) is 21.8. The monoisotopic (exact) mass is 313 g/mol. The van der Waals surface area contributed by atoms with Gasteiger partial charge in [0.25, 0.3) is 0 Å². The lowest BCUT2D eigenvalue weighted by Gasteiger charge is -2.26. The lowest BCUT2D eigenvalue weighted by molar-refractivity contribution is 0.220. The molecule has 0 saturated carbocycles. The van der Waals surface area contributed by atoms with Gasteiger partial charge in [-0.1, -0.05) is 24.0 Å². The molecule has 5 heterocycles. The molecule has 0 amide bonds. The minimum absolute atomic E-state index is 0.685. The lowest BCUT2D eigenvalue weighted by atomic mass is 9.94. The third kappa shape index (κ3) is 2.23. The molecule has 0 spiro atoms. The zero-order valence-electron chi connectivity index (χ0n) is 13.5. The van der Waals surface area contributed by atoms with E-state index in [9.17, 15) is 0 Å². The van der Waals surface area contributed by atoms with Gasteiger partial charge in [0.2, 0.25) is 0 Å². The predicted molar refractivity (Wildman–Crippen MR) is 95.8 cm³/mol. The summed E-state index contributed by atoms with van der Waals surface area (Å²) in [5, 5.41) is 1.35. The molecule has 3 nitrogen and oxygen atoms in total. The molecule has 3 heteroatoms. The van der Waals surface area contributed by atoms with Crippen LogP contribution in [0.15, 0.2) is 42.7 Å². The Kier molecular flexibility index (Phi) is 3.17. The molecule has 3 aromatic rings. The molecule has 1 saturated heterocycles. The van der Waals surface area contributed by atoms with Gasteiger partial charge in [-0.2, -0.15) is 0 Å². The molecule has 2 aromatic heterocycles. The maximum atomic E-state index is 4.13. The number of para-hydroxylation sites is 1. The number of rotatable bonds is 0. The number of hydrogen-bond acceptors (Lipinski definition) is 2. The number of nitrogens with zero attached hydrogens (tertiary/aromatic N) is 2. The maximum Gasteiger partial charge on any atom is 0.0618 e. The molecule has 3 aliphatic rings. The molecule has 3 aliphatic heterocycles. The highest BCUT2D eigenvalue weighted by Gasteiger charge is 2.30. The summed E-state index contributed by atoms with van der Waals surface area (Å²) < 4.78 is 0. The van der Waals surface area contributed by atoms with E-state index in [-0.39, 0.29) is 0 Å². The summed E-state index contributed by atoms with van der Waals surface area (Å²) in [6, 6.07) is 10.4. The van der Waals surface area contributed by atoms with Gasteiger partial charge in [0.05, 0.1) is 5.52 Å². The Hall–Kier alpha value is -2.57. The molecule has 1 N–H and O–H groups in total. The second kappa shape index (κ2) is 5.51. The van der Waals surface area contributed by atoms with Crippen molar-refractivity contribution < 1.29 is 0 Å². The van der Waals surface area contributed by atoms with Gasteiger partial charge in [-0.15, -0.1) is 0 Å². The molecular weight excluding hydrogens is 294 g/mol. The molecular formula is C21H19N3. The Morgan fingerprint density at radius 1 is 1.08 bits per heavy atom. The Morgan fingerprint density at radius 2 is 2.00 bits per heavy atom. The van der Waals surface area contributed by atoms with E-state index >= 15 is 0 Å². The Balaban J connectivity index is 1.64. The van der Waals surface area contributed by atoms with Crippen molar-refractivity contribution in [3.63, 3.8) is 0 Å². The van der Waals surface area contributed by atoms with Crippen LogP contribution in [-0.2, 0) is 6.54 Å². The van der Waals surface area contributed by atoms with E-state index in [1.54, 1.807) is 6.20 Å². The number of H-pyrrole nitrogens is 1. The van der Waals surface area contributed by atoms with Gasteiger partial charge >= 0.3 is 0 Å². The average molecular weight is 313 g/mol. The van der Waals surface area contributed by atoms with Gasteiger partial charge in [0.15, 0.2) is 0 Å². The van der Waals surface area contributed by atoms with E-state index in [0.717, 1.165) is 17.7 Å². The van der Waals surface area contributed by atoms with Gasteiger partial charge in [0.1, 0.15) is 0 Å². The highest BCUT2D eigenvalue weighted by molar-refractivity contribution is 5.90. The summed E-state index contributed by atoms with van der Waals surface area (Å²) in [6.45, 7) is 3.54. The third-order valence-corrected chi connectivity index (χ3v) is 5.35. The van der Waals surface area contributed by atoms with Crippen molar-refractivity contribution in [3.8, 4) is 11.8 Å². The van der Waals surface area contributed by atoms with E-state index in [0.29, 0.717) is 5.92 Å². The van der Waals surface area contributed by atoms with Crippen LogP contribution in [0.5, 0.6) is 0 Å². The second-order valence-electron chi connectivity index (χ2n) is 6.79. The van der Waals surface area contributed by atoms with Crippen molar-refractivity contribution in [2.45, 2.75) is 25.3 Å². The number of pyridine rings is 1. The molecule has 1 aromatic carbocycles. The summed E-state index contributed by atoms with van der Waals surface area (Å²) in [7, 11) is 0. The highest BCUT2D eigenvalue weighted by Crippen LogP contribution is 2.39. The Bertz CT molecular complexity index is 951. The van der Waals surface area contributed by atoms with E-state index < -0.39 is 0 Å². The van der Waals surface area contributed by atoms with Crippen LogP contribution in [0.4, 0.5) is 0 Å². The average Bonchev–Trinajstić information content (AvgIpc) is 2.81. The van der Waals surface area contributed by atoms with Crippen molar-refractivity contribution in [1.82, 2.24) is 14.9 Å². The molecule has 24 heavy (non-hydrogen) atoms. The topological polar surface area (TPSA) is 31.9 Å². The smallest absolute Gasteiger partial charge is 0.0618 e. The number of piperidine rings is 1. The molecule has 0 aliphatic carbocycles. The van der Waals surface area contributed by atoms with Crippen molar-refractivity contribution in [2.24, 2.45) is 0 Å². The van der Waals surface area contributed by atoms with Crippen LogP contribution in [0.2, 0.25) is 0 Å². The van der Waals surface area contributed by atoms with Crippen LogP contribution < -0.4 is 0 Å². The molecule has 0 unspecified atom stereocenters. The van der Waals surface area contributed by atoms with Crippen LogP contribution in [0.3, 0.4) is 0 Å². The van der Waals surface area contributed by atoms with Gasteiger partial charge in [-0.05, 0) is 49.7 Å². The molecule has 0 atom stereocenters. The molecule has 118 valence electrons. The Morgan fingerprint density at radius 3 is 2.83 bits per heavy atom. The predicted octanol–water partition coefficient (Wildman–Crippen LogP) is 3.66. The molecule has 2 bridgehead atoms.